The number of halogens is 1. The summed E-state index contributed by atoms with van der Waals surface area (Å²) in [6.07, 6.45) is 1.04. The lowest BCUT2D eigenvalue weighted by atomic mass is 10.2. The second kappa shape index (κ2) is 9.88. The first-order chi connectivity index (χ1) is 15.2. The molecule has 0 aliphatic carbocycles. The van der Waals surface area contributed by atoms with Crippen LogP contribution < -0.4 is 10.2 Å². The third kappa shape index (κ3) is 5.41. The summed E-state index contributed by atoms with van der Waals surface area (Å²) in [5, 5.41) is 3.81. The minimum atomic E-state index is -2.84. The van der Waals surface area contributed by atoms with Crippen LogP contribution in [-0.2, 0) is 22.9 Å². The Bertz CT molecular complexity index is 805. The number of benzene rings is 1. The Morgan fingerprint density at radius 2 is 1.56 bits per heavy atom. The van der Waals surface area contributed by atoms with Crippen LogP contribution in [0.5, 0.6) is 0 Å². The zero-order valence-corrected chi connectivity index (χ0v) is 20.6. The van der Waals surface area contributed by atoms with Gasteiger partial charge in [0, 0.05) is 30.7 Å². The fourth-order valence-electron chi connectivity index (χ4n) is 4.84. The molecule has 0 radical (unpaired) electrons. The predicted octanol–water partition coefficient (Wildman–Crippen LogP) is 2.44. The number of carbonyl (C=O) groups is 2. The highest BCUT2D eigenvalue weighted by molar-refractivity contribution is 6.60. The van der Waals surface area contributed by atoms with Gasteiger partial charge in [-0.3, -0.25) is 14.5 Å². The molecular weight excluding hydrogens is 450 g/mol. The summed E-state index contributed by atoms with van der Waals surface area (Å²) in [6, 6.07) is 6.87. The molecule has 8 nitrogen and oxygen atoms in total. The van der Waals surface area contributed by atoms with Gasteiger partial charge in [-0.15, -0.1) is 0 Å². The van der Waals surface area contributed by atoms with E-state index in [4.69, 9.17) is 24.9 Å². The van der Waals surface area contributed by atoms with Crippen molar-refractivity contribution < 1.29 is 22.9 Å². The third-order valence-electron chi connectivity index (χ3n) is 5.97. The predicted molar refractivity (Wildman–Crippen MR) is 124 cm³/mol. The molecule has 1 N–H and O–H groups in total. The first-order valence-electron chi connectivity index (χ1n) is 11.4. The molecule has 2 amide bonds. The fourth-order valence-corrected chi connectivity index (χ4v) is 8.16. The van der Waals surface area contributed by atoms with E-state index in [1.807, 2.05) is 0 Å². The maximum atomic E-state index is 12.8. The fraction of sp³-hybridized carbons (Fsp3) is 0.636. The molecule has 1 aromatic rings. The molecule has 0 saturated carbocycles. The molecule has 4 saturated heterocycles. The lowest BCUT2D eigenvalue weighted by Gasteiger charge is -2.45. The van der Waals surface area contributed by atoms with Crippen molar-refractivity contribution in [3.05, 3.63) is 29.3 Å². The van der Waals surface area contributed by atoms with Crippen molar-refractivity contribution in [3.63, 3.8) is 0 Å². The SMILES string of the molecule is CC1CN2CC(C)O[Si](CCCNC3CC(=O)N(c4ccc(Cl)cc4)C3=O)(O1)OC(C)C2. The van der Waals surface area contributed by atoms with Crippen molar-refractivity contribution in [3.8, 4) is 0 Å². The number of carbonyl (C=O) groups excluding carboxylic acids is 2. The number of hydrogen-bond donors (Lipinski definition) is 1. The largest absolute Gasteiger partial charge is 0.501 e. The molecule has 4 aliphatic rings. The Morgan fingerprint density at radius 3 is 2.12 bits per heavy atom. The summed E-state index contributed by atoms with van der Waals surface area (Å²) in [5.41, 5.74) is 0.547. The summed E-state index contributed by atoms with van der Waals surface area (Å²) < 4.78 is 19.1. The normalized spacial score (nSPS) is 35.6. The Kier molecular flexibility index (Phi) is 7.35. The number of hydrogen-bond acceptors (Lipinski definition) is 7. The molecule has 4 aliphatic heterocycles. The van der Waals surface area contributed by atoms with Crippen LogP contribution in [0.2, 0.25) is 11.1 Å². The minimum absolute atomic E-state index is 0.0524. The van der Waals surface area contributed by atoms with E-state index in [1.54, 1.807) is 24.3 Å². The minimum Gasteiger partial charge on any atom is -0.369 e. The van der Waals surface area contributed by atoms with Crippen LogP contribution in [0.4, 0.5) is 5.69 Å². The quantitative estimate of drug-likeness (QED) is 0.379. The highest BCUT2D eigenvalue weighted by Crippen LogP contribution is 2.29. The van der Waals surface area contributed by atoms with E-state index in [0.29, 0.717) is 23.3 Å². The monoisotopic (exact) mass is 481 g/mol. The Labute approximate surface area is 195 Å². The van der Waals surface area contributed by atoms with Crippen LogP contribution in [0.15, 0.2) is 24.3 Å². The topological polar surface area (TPSA) is 80.3 Å². The lowest BCUT2D eigenvalue weighted by molar-refractivity contribution is -0.121. The molecule has 4 fully saturated rings. The van der Waals surface area contributed by atoms with Crippen molar-refractivity contribution in [1.29, 1.82) is 0 Å². The van der Waals surface area contributed by atoms with Gasteiger partial charge in [0.25, 0.3) is 5.91 Å². The highest BCUT2D eigenvalue weighted by Gasteiger charge is 2.48. The maximum Gasteiger partial charge on any atom is 0.501 e. The molecule has 10 heteroatoms. The molecule has 4 heterocycles. The first-order valence-corrected chi connectivity index (χ1v) is 13.7. The molecule has 5 rings (SSSR count). The van der Waals surface area contributed by atoms with E-state index in [2.05, 4.69) is 31.0 Å². The van der Waals surface area contributed by atoms with Gasteiger partial charge in [-0.25, -0.2) is 4.90 Å². The van der Waals surface area contributed by atoms with Crippen molar-refractivity contribution >= 4 is 37.9 Å². The molecule has 0 aromatic heterocycles. The van der Waals surface area contributed by atoms with Gasteiger partial charge in [0.2, 0.25) is 5.91 Å². The van der Waals surface area contributed by atoms with Crippen LogP contribution >= 0.6 is 11.6 Å². The van der Waals surface area contributed by atoms with E-state index in [-0.39, 0.29) is 36.5 Å². The average molecular weight is 482 g/mol. The van der Waals surface area contributed by atoms with Crippen LogP contribution in [0, 0.1) is 0 Å². The van der Waals surface area contributed by atoms with Crippen molar-refractivity contribution in [2.45, 2.75) is 64.0 Å². The molecule has 2 bridgehead atoms. The average Bonchev–Trinajstić information content (AvgIpc) is 2.97. The number of nitrogens with zero attached hydrogens (tertiary/aromatic N) is 2. The number of imide groups is 1. The van der Waals surface area contributed by atoms with Gasteiger partial charge >= 0.3 is 8.80 Å². The standard InChI is InChI=1S/C22H32ClN3O5Si/c1-15-12-25-13-16(2)30-32(29-15,31-17(3)14-25)10-4-9-24-20-11-21(27)26(22(20)28)19-7-5-18(23)6-8-19/h5-8,15-17,20,24H,4,9-14H2,1-3H3. The van der Waals surface area contributed by atoms with E-state index in [0.717, 1.165) is 26.1 Å². The number of fused-ring (bicyclic) bond motifs is 6. The van der Waals surface area contributed by atoms with E-state index < -0.39 is 14.8 Å². The summed E-state index contributed by atoms with van der Waals surface area (Å²) in [7, 11) is -2.84. The van der Waals surface area contributed by atoms with Gasteiger partial charge in [-0.05, 0) is 58.0 Å². The molecule has 1 aromatic carbocycles. The molecule has 4 unspecified atom stereocenters. The van der Waals surface area contributed by atoms with Crippen molar-refractivity contribution in [2.75, 3.05) is 31.1 Å². The second-order valence-corrected chi connectivity index (χ2v) is 12.1. The summed E-state index contributed by atoms with van der Waals surface area (Å²) in [4.78, 5) is 28.9. The maximum absolute atomic E-state index is 12.8. The first kappa shape index (κ1) is 23.8. The molecule has 0 spiro atoms. The molecular formula is C22H32ClN3O5Si. The number of rotatable bonds is 6. The molecule has 176 valence electrons. The second-order valence-electron chi connectivity index (χ2n) is 9.05. The van der Waals surface area contributed by atoms with E-state index in [9.17, 15) is 9.59 Å². The van der Waals surface area contributed by atoms with Gasteiger partial charge in [0.15, 0.2) is 0 Å². The van der Waals surface area contributed by atoms with Crippen molar-refractivity contribution in [1.82, 2.24) is 10.2 Å². The van der Waals surface area contributed by atoms with Crippen LogP contribution in [0.3, 0.4) is 0 Å². The van der Waals surface area contributed by atoms with Crippen LogP contribution in [-0.4, -0.2) is 76.1 Å². The lowest BCUT2D eigenvalue weighted by Crippen LogP contribution is -2.61. The van der Waals surface area contributed by atoms with E-state index >= 15 is 0 Å². The van der Waals surface area contributed by atoms with Crippen LogP contribution in [0.25, 0.3) is 0 Å². The van der Waals surface area contributed by atoms with Gasteiger partial charge in [-0.2, -0.15) is 0 Å². The zero-order valence-electron chi connectivity index (χ0n) is 18.9. The van der Waals surface area contributed by atoms with Gasteiger partial charge < -0.3 is 18.6 Å². The van der Waals surface area contributed by atoms with Gasteiger partial charge in [-0.1, -0.05) is 11.6 Å². The zero-order chi connectivity index (χ0) is 22.9. The summed E-state index contributed by atoms with van der Waals surface area (Å²) >= 11 is 5.92. The van der Waals surface area contributed by atoms with Crippen molar-refractivity contribution in [2.24, 2.45) is 0 Å². The smallest absolute Gasteiger partial charge is 0.369 e. The summed E-state index contributed by atoms with van der Waals surface area (Å²) in [5.74, 6) is -0.441. The molecule has 32 heavy (non-hydrogen) atoms. The van der Waals surface area contributed by atoms with Crippen LogP contribution in [0.1, 0.15) is 33.6 Å². The van der Waals surface area contributed by atoms with Gasteiger partial charge in [0.1, 0.15) is 0 Å². The number of amides is 2. The number of nitrogens with one attached hydrogen (secondary N) is 1. The Hall–Kier alpha value is -1.33. The third-order valence-corrected chi connectivity index (χ3v) is 9.47. The van der Waals surface area contributed by atoms with Gasteiger partial charge in [0.05, 0.1) is 36.5 Å². The number of anilines is 1. The Balaban J connectivity index is 1.34. The molecule has 4 atom stereocenters. The Morgan fingerprint density at radius 1 is 1.00 bits per heavy atom. The highest BCUT2D eigenvalue weighted by atomic mass is 35.5. The summed E-state index contributed by atoms with van der Waals surface area (Å²) in [6.45, 7) is 9.43. The van der Waals surface area contributed by atoms with E-state index in [1.165, 1.54) is 4.90 Å².